The monoisotopic (exact) mass is 324 g/mol. The predicted octanol–water partition coefficient (Wildman–Crippen LogP) is 3.70. The van der Waals surface area contributed by atoms with Crippen LogP contribution in [-0.4, -0.2) is 16.2 Å². The predicted molar refractivity (Wildman–Crippen MR) is 77.3 cm³/mol. The van der Waals surface area contributed by atoms with Crippen molar-refractivity contribution in [2.75, 3.05) is 11.6 Å². The van der Waals surface area contributed by atoms with Crippen molar-refractivity contribution in [3.8, 4) is 6.07 Å². The van der Waals surface area contributed by atoms with Gasteiger partial charge in [-0.2, -0.15) is 18.4 Å². The van der Waals surface area contributed by atoms with Crippen LogP contribution in [0.2, 0.25) is 0 Å². The van der Waals surface area contributed by atoms with E-state index in [1.165, 1.54) is 36.2 Å². The van der Waals surface area contributed by atoms with Crippen molar-refractivity contribution >= 4 is 17.6 Å². The fourth-order valence-electron chi connectivity index (χ4n) is 1.81. The van der Waals surface area contributed by atoms with E-state index in [1.807, 2.05) is 6.07 Å². The molecule has 2 aromatic rings. The maximum Gasteiger partial charge on any atom is 0.416 e. The summed E-state index contributed by atoms with van der Waals surface area (Å²) in [7, 11) is 0. The number of halogens is 3. The molecule has 1 N–H and O–H groups in total. The maximum atomic E-state index is 12.9. The molecule has 0 aliphatic heterocycles. The third-order valence-electron chi connectivity index (χ3n) is 2.84. The van der Waals surface area contributed by atoms with Crippen LogP contribution in [0.1, 0.15) is 16.7 Å². The number of hydrogen-bond donors (Lipinski definition) is 1. The molecule has 0 amide bonds. The van der Waals surface area contributed by atoms with Gasteiger partial charge in [0.05, 0.1) is 11.8 Å². The number of nitriles is 1. The first-order chi connectivity index (χ1) is 10.5. The molecule has 8 heteroatoms. The Bertz CT molecular complexity index is 710. The highest BCUT2D eigenvalue weighted by molar-refractivity contribution is 7.98. The van der Waals surface area contributed by atoms with Crippen LogP contribution in [-0.2, 0) is 12.7 Å². The van der Waals surface area contributed by atoms with Gasteiger partial charge in [0.25, 0.3) is 0 Å². The molecule has 0 unspecified atom stereocenters. The highest BCUT2D eigenvalue weighted by Crippen LogP contribution is 2.32. The van der Waals surface area contributed by atoms with Crippen molar-refractivity contribution in [2.45, 2.75) is 17.9 Å². The fourth-order valence-corrected chi connectivity index (χ4v) is 2.15. The number of nitrogens with zero attached hydrogens (tertiary/aromatic N) is 3. The molecule has 0 atom stereocenters. The number of anilines is 1. The summed E-state index contributed by atoms with van der Waals surface area (Å²) in [4.78, 5) is 8.06. The Morgan fingerprint density at radius 3 is 2.68 bits per heavy atom. The van der Waals surface area contributed by atoms with Gasteiger partial charge in [0.1, 0.15) is 17.5 Å². The van der Waals surface area contributed by atoms with E-state index in [9.17, 15) is 13.2 Å². The minimum Gasteiger partial charge on any atom is -0.365 e. The van der Waals surface area contributed by atoms with Gasteiger partial charge in [0, 0.05) is 6.54 Å². The Hall–Kier alpha value is -2.27. The molecule has 0 saturated carbocycles. The number of thioether (sulfide) groups is 1. The molecule has 0 radical (unpaired) electrons. The van der Waals surface area contributed by atoms with Crippen LogP contribution in [0.4, 0.5) is 19.0 Å². The molecule has 1 heterocycles. The summed E-state index contributed by atoms with van der Waals surface area (Å²) in [5.74, 6) is 0.221. The normalized spacial score (nSPS) is 11.0. The Morgan fingerprint density at radius 1 is 1.32 bits per heavy atom. The van der Waals surface area contributed by atoms with Crippen molar-refractivity contribution in [1.29, 1.82) is 5.26 Å². The molecule has 1 aromatic heterocycles. The zero-order valence-corrected chi connectivity index (χ0v) is 12.3. The number of aromatic nitrogens is 2. The lowest BCUT2D eigenvalue weighted by atomic mass is 10.1. The first kappa shape index (κ1) is 16.1. The highest BCUT2D eigenvalue weighted by atomic mass is 32.2. The van der Waals surface area contributed by atoms with Gasteiger partial charge in [-0.05, 0) is 17.9 Å². The van der Waals surface area contributed by atoms with Gasteiger partial charge in [0.15, 0.2) is 5.16 Å². The standard InChI is InChI=1S/C14H11F3N4S/c1-22-13-20-8-10(6-18)12(21-13)19-7-9-4-2-3-5-11(9)14(15,16)17/h2-5,8H,7H2,1H3,(H,19,20,21). The number of rotatable bonds is 4. The Labute approximate surface area is 129 Å². The summed E-state index contributed by atoms with van der Waals surface area (Å²) in [6.07, 6.45) is -1.31. The second kappa shape index (κ2) is 6.66. The molecule has 0 saturated heterocycles. The molecule has 4 nitrogen and oxygen atoms in total. The lowest BCUT2D eigenvalue weighted by molar-refractivity contribution is -0.138. The summed E-state index contributed by atoms with van der Waals surface area (Å²) < 4.78 is 38.8. The lowest BCUT2D eigenvalue weighted by Gasteiger charge is -2.14. The topological polar surface area (TPSA) is 61.6 Å². The van der Waals surface area contributed by atoms with E-state index in [2.05, 4.69) is 15.3 Å². The number of hydrogen-bond acceptors (Lipinski definition) is 5. The summed E-state index contributed by atoms with van der Waals surface area (Å²) in [5.41, 5.74) is -0.439. The molecule has 1 aromatic carbocycles. The molecule has 0 fully saturated rings. The van der Waals surface area contributed by atoms with E-state index in [4.69, 9.17) is 5.26 Å². The number of alkyl halides is 3. The number of benzene rings is 1. The van der Waals surface area contributed by atoms with E-state index in [-0.39, 0.29) is 23.5 Å². The van der Waals surface area contributed by atoms with Gasteiger partial charge in [-0.3, -0.25) is 0 Å². The van der Waals surface area contributed by atoms with Crippen LogP contribution in [0.5, 0.6) is 0 Å². The third kappa shape index (κ3) is 3.68. The first-order valence-corrected chi connectivity index (χ1v) is 7.38. The van der Waals surface area contributed by atoms with Crippen LogP contribution in [0.3, 0.4) is 0 Å². The van der Waals surface area contributed by atoms with Crippen molar-refractivity contribution in [3.63, 3.8) is 0 Å². The Balaban J connectivity index is 2.26. The molecule has 0 bridgehead atoms. The minimum atomic E-state index is -4.42. The van der Waals surface area contributed by atoms with Crippen molar-refractivity contribution in [2.24, 2.45) is 0 Å². The van der Waals surface area contributed by atoms with Crippen LogP contribution in [0, 0.1) is 11.3 Å². The van der Waals surface area contributed by atoms with E-state index >= 15 is 0 Å². The largest absolute Gasteiger partial charge is 0.416 e. The maximum absolute atomic E-state index is 12.9. The molecular weight excluding hydrogens is 313 g/mol. The minimum absolute atomic E-state index is 0.0863. The zero-order valence-electron chi connectivity index (χ0n) is 11.5. The van der Waals surface area contributed by atoms with Crippen molar-refractivity contribution in [3.05, 3.63) is 47.2 Å². The second-order valence-corrected chi connectivity index (χ2v) is 5.01. The summed E-state index contributed by atoms with van der Waals surface area (Å²) in [5, 5.41) is 12.2. The summed E-state index contributed by atoms with van der Waals surface area (Å²) >= 11 is 1.28. The average Bonchev–Trinajstić information content (AvgIpc) is 2.52. The van der Waals surface area contributed by atoms with Crippen LogP contribution < -0.4 is 5.32 Å². The van der Waals surface area contributed by atoms with E-state index in [1.54, 1.807) is 6.26 Å². The highest BCUT2D eigenvalue weighted by Gasteiger charge is 2.32. The average molecular weight is 324 g/mol. The van der Waals surface area contributed by atoms with Gasteiger partial charge >= 0.3 is 6.18 Å². The van der Waals surface area contributed by atoms with Gasteiger partial charge in [-0.15, -0.1) is 0 Å². The third-order valence-corrected chi connectivity index (χ3v) is 3.40. The molecule has 22 heavy (non-hydrogen) atoms. The van der Waals surface area contributed by atoms with Crippen molar-refractivity contribution < 1.29 is 13.2 Å². The second-order valence-electron chi connectivity index (χ2n) is 4.24. The van der Waals surface area contributed by atoms with Crippen molar-refractivity contribution in [1.82, 2.24) is 9.97 Å². The lowest BCUT2D eigenvalue weighted by Crippen LogP contribution is -2.12. The smallest absolute Gasteiger partial charge is 0.365 e. The Kier molecular flexibility index (Phi) is 4.88. The molecule has 0 aliphatic carbocycles. The molecule has 2 rings (SSSR count). The van der Waals surface area contributed by atoms with E-state index in [0.717, 1.165) is 6.07 Å². The van der Waals surface area contributed by atoms with Gasteiger partial charge in [-0.1, -0.05) is 30.0 Å². The Morgan fingerprint density at radius 2 is 2.05 bits per heavy atom. The summed E-state index contributed by atoms with van der Waals surface area (Å²) in [6.45, 7) is -0.0881. The van der Waals surface area contributed by atoms with Gasteiger partial charge < -0.3 is 5.32 Å². The molecule has 0 spiro atoms. The number of nitrogens with one attached hydrogen (secondary N) is 1. The SMILES string of the molecule is CSc1ncc(C#N)c(NCc2ccccc2C(F)(F)F)n1. The molecular formula is C14H11F3N4S. The first-order valence-electron chi connectivity index (χ1n) is 6.16. The van der Waals surface area contributed by atoms with E-state index in [0.29, 0.717) is 5.16 Å². The quantitative estimate of drug-likeness (QED) is 0.686. The van der Waals surface area contributed by atoms with E-state index < -0.39 is 11.7 Å². The fraction of sp³-hybridized carbons (Fsp3) is 0.214. The van der Waals surface area contributed by atoms with Crippen LogP contribution >= 0.6 is 11.8 Å². The van der Waals surface area contributed by atoms with Crippen LogP contribution in [0.15, 0.2) is 35.6 Å². The van der Waals surface area contributed by atoms with Crippen LogP contribution in [0.25, 0.3) is 0 Å². The molecule has 0 aliphatic rings. The van der Waals surface area contributed by atoms with Gasteiger partial charge in [-0.25, -0.2) is 9.97 Å². The summed E-state index contributed by atoms with van der Waals surface area (Å²) in [6, 6.07) is 7.19. The zero-order chi connectivity index (χ0) is 16.2. The van der Waals surface area contributed by atoms with Gasteiger partial charge in [0.2, 0.25) is 0 Å². The molecule has 114 valence electrons.